The average molecular weight is 302 g/mol. The van der Waals surface area contributed by atoms with Gasteiger partial charge in [0.1, 0.15) is 17.2 Å². The Hall–Kier alpha value is -1.17. The summed E-state index contributed by atoms with van der Waals surface area (Å²) in [6.07, 6.45) is 1.15. The Labute approximate surface area is 109 Å². The molecule has 0 aliphatic carbocycles. The minimum atomic E-state index is -0.527. The molecule has 1 amide bonds. The Morgan fingerprint density at radius 1 is 1.53 bits per heavy atom. The van der Waals surface area contributed by atoms with E-state index >= 15 is 0 Å². The van der Waals surface area contributed by atoms with Crippen molar-refractivity contribution in [1.82, 2.24) is 9.97 Å². The van der Waals surface area contributed by atoms with Gasteiger partial charge in [0.25, 0.3) is 0 Å². The van der Waals surface area contributed by atoms with E-state index in [2.05, 4.69) is 31.2 Å². The van der Waals surface area contributed by atoms with Gasteiger partial charge in [-0.25, -0.2) is 14.8 Å². The normalized spacial score (nSPS) is 11.1. The van der Waals surface area contributed by atoms with E-state index < -0.39 is 11.7 Å². The Kier molecular flexibility index (Phi) is 4.45. The largest absolute Gasteiger partial charge is 0.444 e. The second kappa shape index (κ2) is 5.44. The fourth-order valence-electron chi connectivity index (χ4n) is 1.10. The highest BCUT2D eigenvalue weighted by molar-refractivity contribution is 9.08. The van der Waals surface area contributed by atoms with Crippen molar-refractivity contribution in [3.05, 3.63) is 17.6 Å². The van der Waals surface area contributed by atoms with E-state index in [0.717, 1.165) is 5.56 Å². The van der Waals surface area contributed by atoms with Crippen molar-refractivity contribution in [2.24, 2.45) is 0 Å². The first-order valence-electron chi connectivity index (χ1n) is 5.20. The van der Waals surface area contributed by atoms with E-state index in [1.165, 1.54) is 0 Å². The van der Waals surface area contributed by atoms with Gasteiger partial charge in [-0.1, -0.05) is 15.9 Å². The average Bonchev–Trinajstić information content (AvgIpc) is 2.14. The van der Waals surface area contributed by atoms with Crippen LogP contribution in [0.15, 0.2) is 6.20 Å². The first-order chi connectivity index (χ1) is 7.81. The first-order valence-corrected chi connectivity index (χ1v) is 6.32. The topological polar surface area (TPSA) is 64.1 Å². The number of hydrogen-bond acceptors (Lipinski definition) is 4. The zero-order valence-corrected chi connectivity index (χ0v) is 12.0. The fraction of sp³-hybridized carbons (Fsp3) is 0.545. The number of rotatable bonds is 2. The van der Waals surface area contributed by atoms with Gasteiger partial charge in [0.05, 0.1) is 0 Å². The molecule has 94 valence electrons. The van der Waals surface area contributed by atoms with Crippen LogP contribution in [-0.2, 0) is 10.1 Å². The van der Waals surface area contributed by atoms with Gasteiger partial charge in [-0.3, -0.25) is 5.32 Å². The Morgan fingerprint density at radius 2 is 2.18 bits per heavy atom. The molecule has 1 rings (SSSR count). The number of carbonyl (C=O) groups excluding carboxylic acids is 1. The van der Waals surface area contributed by atoms with Crippen LogP contribution >= 0.6 is 15.9 Å². The number of carbonyl (C=O) groups is 1. The molecule has 5 nitrogen and oxygen atoms in total. The third-order valence-corrected chi connectivity index (χ3v) is 2.35. The third-order valence-electron chi connectivity index (χ3n) is 1.75. The minimum absolute atomic E-state index is 0.476. The quantitative estimate of drug-likeness (QED) is 0.853. The van der Waals surface area contributed by atoms with Crippen LogP contribution in [0.1, 0.15) is 32.2 Å². The highest BCUT2D eigenvalue weighted by Crippen LogP contribution is 2.16. The molecule has 0 aromatic carbocycles. The van der Waals surface area contributed by atoms with Crippen molar-refractivity contribution < 1.29 is 9.53 Å². The molecule has 1 aromatic heterocycles. The fourth-order valence-corrected chi connectivity index (χ4v) is 1.51. The van der Waals surface area contributed by atoms with Crippen molar-refractivity contribution in [1.29, 1.82) is 0 Å². The second-order valence-electron chi connectivity index (χ2n) is 4.55. The summed E-state index contributed by atoms with van der Waals surface area (Å²) < 4.78 is 5.16. The van der Waals surface area contributed by atoms with Gasteiger partial charge < -0.3 is 4.74 Å². The number of anilines is 1. The van der Waals surface area contributed by atoms with Gasteiger partial charge >= 0.3 is 6.09 Å². The molecule has 1 N–H and O–H groups in total. The van der Waals surface area contributed by atoms with Crippen molar-refractivity contribution in [3.63, 3.8) is 0 Å². The molecule has 0 aliphatic rings. The van der Waals surface area contributed by atoms with E-state index in [1.807, 2.05) is 20.8 Å². The summed E-state index contributed by atoms with van der Waals surface area (Å²) in [4.78, 5) is 19.8. The predicted molar refractivity (Wildman–Crippen MR) is 69.3 cm³/mol. The van der Waals surface area contributed by atoms with Crippen LogP contribution < -0.4 is 5.32 Å². The molecule has 0 spiro atoms. The van der Waals surface area contributed by atoms with E-state index in [9.17, 15) is 4.79 Å². The lowest BCUT2D eigenvalue weighted by molar-refractivity contribution is 0.0635. The second-order valence-corrected chi connectivity index (χ2v) is 5.11. The van der Waals surface area contributed by atoms with E-state index in [0.29, 0.717) is 17.0 Å². The first kappa shape index (κ1) is 13.9. The van der Waals surface area contributed by atoms with Crippen molar-refractivity contribution in [2.45, 2.75) is 38.6 Å². The molecular formula is C11H16BrN3O2. The zero-order valence-electron chi connectivity index (χ0n) is 10.4. The minimum Gasteiger partial charge on any atom is -0.444 e. The maximum atomic E-state index is 11.6. The van der Waals surface area contributed by atoms with Crippen LogP contribution in [0.2, 0.25) is 0 Å². The SMILES string of the molecule is Cc1ncc(CBr)c(NC(=O)OC(C)(C)C)n1. The van der Waals surface area contributed by atoms with Gasteiger partial charge in [0.15, 0.2) is 0 Å². The molecule has 0 bridgehead atoms. The molecule has 0 radical (unpaired) electrons. The molecule has 0 saturated heterocycles. The molecular weight excluding hydrogens is 286 g/mol. The molecule has 0 fully saturated rings. The van der Waals surface area contributed by atoms with Crippen molar-refractivity contribution in [2.75, 3.05) is 5.32 Å². The number of nitrogens with one attached hydrogen (secondary N) is 1. The van der Waals surface area contributed by atoms with Gasteiger partial charge in [-0.2, -0.15) is 0 Å². The predicted octanol–water partition coefficient (Wildman–Crippen LogP) is 3.03. The Morgan fingerprint density at radius 3 is 2.71 bits per heavy atom. The highest BCUT2D eigenvalue weighted by atomic mass is 79.9. The number of hydrogen-bond donors (Lipinski definition) is 1. The van der Waals surface area contributed by atoms with Gasteiger partial charge in [0, 0.05) is 17.1 Å². The van der Waals surface area contributed by atoms with Crippen LogP contribution in [0.25, 0.3) is 0 Å². The van der Waals surface area contributed by atoms with Gasteiger partial charge in [-0.05, 0) is 27.7 Å². The zero-order chi connectivity index (χ0) is 13.1. The Balaban J connectivity index is 2.80. The van der Waals surface area contributed by atoms with Crippen molar-refractivity contribution in [3.8, 4) is 0 Å². The molecule has 17 heavy (non-hydrogen) atoms. The number of aromatic nitrogens is 2. The summed E-state index contributed by atoms with van der Waals surface area (Å²) in [5, 5.41) is 3.18. The van der Waals surface area contributed by atoms with E-state index in [-0.39, 0.29) is 0 Å². The van der Waals surface area contributed by atoms with Crippen molar-refractivity contribution >= 4 is 27.8 Å². The van der Waals surface area contributed by atoms with Crippen LogP contribution in [0.5, 0.6) is 0 Å². The lowest BCUT2D eigenvalue weighted by Gasteiger charge is -2.20. The summed E-state index contributed by atoms with van der Waals surface area (Å²) in [7, 11) is 0. The maximum Gasteiger partial charge on any atom is 0.413 e. The summed E-state index contributed by atoms with van der Waals surface area (Å²) in [5.74, 6) is 1.07. The summed E-state index contributed by atoms with van der Waals surface area (Å²) >= 11 is 3.31. The summed E-state index contributed by atoms with van der Waals surface area (Å²) in [6.45, 7) is 7.19. The molecule has 0 saturated carbocycles. The molecule has 0 aliphatic heterocycles. The molecule has 1 aromatic rings. The van der Waals surface area contributed by atoms with Crippen LogP contribution in [0.4, 0.5) is 10.6 Å². The van der Waals surface area contributed by atoms with Crippen LogP contribution in [0, 0.1) is 6.92 Å². The van der Waals surface area contributed by atoms with E-state index in [4.69, 9.17) is 4.74 Å². The number of nitrogens with zero attached hydrogens (tertiary/aromatic N) is 2. The molecule has 1 heterocycles. The standard InChI is InChI=1S/C11H16BrN3O2/c1-7-13-6-8(5-12)9(14-7)15-10(16)17-11(2,3)4/h6H,5H2,1-4H3,(H,13,14,15,16). The van der Waals surface area contributed by atoms with Gasteiger partial charge in [-0.15, -0.1) is 0 Å². The van der Waals surface area contributed by atoms with Crippen LogP contribution in [0.3, 0.4) is 0 Å². The third kappa shape index (κ3) is 4.68. The number of halogens is 1. The number of alkyl halides is 1. The molecule has 6 heteroatoms. The van der Waals surface area contributed by atoms with Gasteiger partial charge in [0.2, 0.25) is 0 Å². The monoisotopic (exact) mass is 301 g/mol. The molecule has 0 unspecified atom stereocenters. The summed E-state index contributed by atoms with van der Waals surface area (Å²) in [5.41, 5.74) is 0.280. The smallest absolute Gasteiger partial charge is 0.413 e. The lowest BCUT2D eigenvalue weighted by atomic mass is 10.2. The maximum absolute atomic E-state index is 11.6. The number of aryl methyl sites for hydroxylation is 1. The van der Waals surface area contributed by atoms with E-state index in [1.54, 1.807) is 13.1 Å². The number of amides is 1. The number of ether oxygens (including phenoxy) is 1. The highest BCUT2D eigenvalue weighted by Gasteiger charge is 2.17. The Bertz CT molecular complexity index is 416. The summed E-state index contributed by atoms with van der Waals surface area (Å²) in [6, 6.07) is 0. The van der Waals surface area contributed by atoms with Crippen LogP contribution in [-0.4, -0.2) is 21.7 Å². The molecule has 0 atom stereocenters. The lowest BCUT2D eigenvalue weighted by Crippen LogP contribution is -2.28.